The molecule has 1 rings (SSSR count). The summed E-state index contributed by atoms with van der Waals surface area (Å²) < 4.78 is 0. The molecule has 0 radical (unpaired) electrons. The third kappa shape index (κ3) is 6.58. The summed E-state index contributed by atoms with van der Waals surface area (Å²) in [6, 6.07) is 0.566. The van der Waals surface area contributed by atoms with E-state index >= 15 is 0 Å². The second-order valence-corrected chi connectivity index (χ2v) is 5.35. The lowest BCUT2D eigenvalue weighted by Gasteiger charge is -2.25. The SMILES string of the molecule is CCNC(=NCCN(CC)C(C)C)N1CC[C@@H](O)C1.I. The predicted octanol–water partition coefficient (Wildman–Crippen LogP) is 1.37. The topological polar surface area (TPSA) is 51.1 Å². The van der Waals surface area contributed by atoms with Gasteiger partial charge in [-0.3, -0.25) is 9.89 Å². The minimum Gasteiger partial charge on any atom is -0.391 e. The van der Waals surface area contributed by atoms with Crippen LogP contribution in [0, 0.1) is 0 Å². The van der Waals surface area contributed by atoms with Crippen LogP contribution in [-0.4, -0.2) is 72.3 Å². The van der Waals surface area contributed by atoms with Crippen molar-refractivity contribution in [3.8, 4) is 0 Å². The number of nitrogens with one attached hydrogen (secondary N) is 1. The van der Waals surface area contributed by atoms with Gasteiger partial charge in [-0.15, -0.1) is 24.0 Å². The number of nitrogens with zero attached hydrogens (tertiary/aromatic N) is 3. The minimum atomic E-state index is -0.202. The first-order valence-electron chi connectivity index (χ1n) is 7.53. The van der Waals surface area contributed by atoms with Gasteiger partial charge in [0.15, 0.2) is 5.96 Å². The van der Waals surface area contributed by atoms with Crippen molar-refractivity contribution in [2.45, 2.75) is 46.3 Å². The Morgan fingerprint density at radius 3 is 2.60 bits per heavy atom. The third-order valence-corrected chi connectivity index (χ3v) is 3.58. The van der Waals surface area contributed by atoms with Crippen molar-refractivity contribution in [2.75, 3.05) is 39.3 Å². The molecule has 0 aromatic carbocycles. The van der Waals surface area contributed by atoms with Gasteiger partial charge in [0.05, 0.1) is 12.6 Å². The maximum Gasteiger partial charge on any atom is 0.194 e. The van der Waals surface area contributed by atoms with Gasteiger partial charge >= 0.3 is 0 Å². The van der Waals surface area contributed by atoms with Crippen LogP contribution in [-0.2, 0) is 0 Å². The number of β-amino-alcohol motifs (C(OH)–C–C–N with tert-alkyl or cyclic N) is 1. The van der Waals surface area contributed by atoms with Gasteiger partial charge in [0.2, 0.25) is 0 Å². The van der Waals surface area contributed by atoms with Crippen LogP contribution in [0.1, 0.15) is 34.1 Å². The first-order valence-corrected chi connectivity index (χ1v) is 7.53. The van der Waals surface area contributed by atoms with Crippen molar-refractivity contribution < 1.29 is 5.11 Å². The van der Waals surface area contributed by atoms with E-state index in [1.54, 1.807) is 0 Å². The molecular formula is C14H31IN4O. The molecule has 0 bridgehead atoms. The molecule has 1 atom stereocenters. The zero-order valence-electron chi connectivity index (χ0n) is 13.3. The van der Waals surface area contributed by atoms with Gasteiger partial charge in [0.1, 0.15) is 0 Å². The molecule has 1 aliphatic rings. The van der Waals surface area contributed by atoms with Crippen molar-refractivity contribution in [3.63, 3.8) is 0 Å². The van der Waals surface area contributed by atoms with E-state index in [0.717, 1.165) is 45.1 Å². The van der Waals surface area contributed by atoms with E-state index in [4.69, 9.17) is 0 Å². The Bertz CT molecular complexity index is 286. The van der Waals surface area contributed by atoms with Crippen molar-refractivity contribution in [2.24, 2.45) is 4.99 Å². The molecule has 6 heteroatoms. The van der Waals surface area contributed by atoms with Crippen LogP contribution in [0.3, 0.4) is 0 Å². The normalized spacial score (nSPS) is 19.6. The van der Waals surface area contributed by atoms with Crippen LogP contribution in [0.5, 0.6) is 0 Å². The van der Waals surface area contributed by atoms with Crippen LogP contribution in [0.15, 0.2) is 4.99 Å². The summed E-state index contributed by atoms with van der Waals surface area (Å²) in [4.78, 5) is 9.24. The van der Waals surface area contributed by atoms with E-state index in [0.29, 0.717) is 12.6 Å². The average molecular weight is 398 g/mol. The molecule has 1 saturated heterocycles. The summed E-state index contributed by atoms with van der Waals surface area (Å²) in [5.41, 5.74) is 0. The highest BCUT2D eigenvalue weighted by molar-refractivity contribution is 14.0. The summed E-state index contributed by atoms with van der Waals surface area (Å²) in [5.74, 6) is 0.943. The average Bonchev–Trinajstić information content (AvgIpc) is 2.79. The molecule has 1 fully saturated rings. The number of aliphatic hydroxyl groups excluding tert-OH is 1. The second kappa shape index (κ2) is 10.6. The molecule has 5 nitrogen and oxygen atoms in total. The van der Waals surface area contributed by atoms with Gasteiger partial charge in [-0.05, 0) is 33.7 Å². The van der Waals surface area contributed by atoms with Gasteiger partial charge in [0, 0.05) is 32.2 Å². The summed E-state index contributed by atoms with van der Waals surface area (Å²) >= 11 is 0. The van der Waals surface area contributed by atoms with Crippen LogP contribution in [0.25, 0.3) is 0 Å². The quantitative estimate of drug-likeness (QED) is 0.403. The number of likely N-dealkylation sites (tertiary alicyclic amines) is 1. The molecule has 1 aliphatic heterocycles. The lowest BCUT2D eigenvalue weighted by atomic mass is 10.3. The maximum absolute atomic E-state index is 9.61. The molecule has 0 unspecified atom stereocenters. The molecule has 0 aromatic heterocycles. The van der Waals surface area contributed by atoms with Gasteiger partial charge in [-0.2, -0.15) is 0 Å². The molecule has 120 valence electrons. The third-order valence-electron chi connectivity index (χ3n) is 3.58. The summed E-state index contributed by atoms with van der Waals surface area (Å²) in [6.45, 7) is 14.0. The molecule has 0 aliphatic carbocycles. The predicted molar refractivity (Wildman–Crippen MR) is 96.0 cm³/mol. The summed E-state index contributed by atoms with van der Waals surface area (Å²) in [5, 5.41) is 12.9. The molecule has 0 saturated carbocycles. The van der Waals surface area contributed by atoms with E-state index in [1.807, 2.05) is 0 Å². The van der Waals surface area contributed by atoms with Crippen molar-refractivity contribution in [3.05, 3.63) is 0 Å². The van der Waals surface area contributed by atoms with Gasteiger partial charge in [0.25, 0.3) is 0 Å². The largest absolute Gasteiger partial charge is 0.391 e. The molecule has 1 heterocycles. The highest BCUT2D eigenvalue weighted by Gasteiger charge is 2.22. The van der Waals surface area contributed by atoms with E-state index < -0.39 is 0 Å². The Kier molecular flexibility index (Phi) is 10.6. The van der Waals surface area contributed by atoms with Gasteiger partial charge in [-0.1, -0.05) is 6.92 Å². The lowest BCUT2D eigenvalue weighted by Crippen LogP contribution is -2.41. The number of likely N-dealkylation sites (N-methyl/N-ethyl adjacent to an activating group) is 1. The Morgan fingerprint density at radius 2 is 2.15 bits per heavy atom. The van der Waals surface area contributed by atoms with Crippen molar-refractivity contribution >= 4 is 29.9 Å². The molecular weight excluding hydrogens is 367 g/mol. The zero-order chi connectivity index (χ0) is 14.3. The fraction of sp³-hybridized carbons (Fsp3) is 0.929. The van der Waals surface area contributed by atoms with E-state index in [-0.39, 0.29) is 30.1 Å². The van der Waals surface area contributed by atoms with Crippen molar-refractivity contribution in [1.82, 2.24) is 15.1 Å². The highest BCUT2D eigenvalue weighted by atomic mass is 127. The fourth-order valence-electron chi connectivity index (χ4n) is 2.43. The number of halogens is 1. The molecule has 20 heavy (non-hydrogen) atoms. The molecule has 0 aromatic rings. The summed E-state index contributed by atoms with van der Waals surface area (Å²) in [7, 11) is 0. The zero-order valence-corrected chi connectivity index (χ0v) is 15.6. The van der Waals surface area contributed by atoms with Gasteiger partial charge in [-0.25, -0.2) is 0 Å². The number of guanidine groups is 1. The summed E-state index contributed by atoms with van der Waals surface area (Å²) in [6.07, 6.45) is 0.643. The number of rotatable bonds is 6. The van der Waals surface area contributed by atoms with Crippen LogP contribution in [0.4, 0.5) is 0 Å². The number of aliphatic imine (C=N–C) groups is 1. The standard InChI is InChI=1S/C14H30N4O.HI/c1-5-15-14(18-9-7-13(19)11-18)16-8-10-17(6-2)12(3)4;/h12-13,19H,5-11H2,1-4H3,(H,15,16);1H/t13-;/m1./s1. The smallest absolute Gasteiger partial charge is 0.194 e. The molecule has 2 N–H and O–H groups in total. The van der Waals surface area contributed by atoms with Crippen LogP contribution >= 0.6 is 24.0 Å². The van der Waals surface area contributed by atoms with Gasteiger partial charge < -0.3 is 15.3 Å². The second-order valence-electron chi connectivity index (χ2n) is 5.35. The minimum absolute atomic E-state index is 0. The first kappa shape index (κ1) is 19.9. The lowest BCUT2D eigenvalue weighted by molar-refractivity contribution is 0.187. The molecule has 0 amide bonds. The Labute approximate surface area is 140 Å². The van der Waals surface area contributed by atoms with E-state index in [1.165, 1.54) is 0 Å². The van der Waals surface area contributed by atoms with E-state index in [2.05, 4.69) is 47.8 Å². The number of hydrogen-bond acceptors (Lipinski definition) is 3. The Morgan fingerprint density at radius 1 is 1.45 bits per heavy atom. The Hall–Kier alpha value is -0.0800. The molecule has 0 spiro atoms. The maximum atomic E-state index is 9.61. The van der Waals surface area contributed by atoms with Crippen molar-refractivity contribution in [1.29, 1.82) is 0 Å². The van der Waals surface area contributed by atoms with Crippen LogP contribution < -0.4 is 5.32 Å². The fourth-order valence-corrected chi connectivity index (χ4v) is 2.43. The number of aliphatic hydroxyl groups is 1. The first-order chi connectivity index (χ1) is 9.08. The monoisotopic (exact) mass is 398 g/mol. The van der Waals surface area contributed by atoms with Crippen LogP contribution in [0.2, 0.25) is 0 Å². The van der Waals surface area contributed by atoms with E-state index in [9.17, 15) is 5.11 Å². The Balaban J connectivity index is 0.00000361. The number of hydrogen-bond donors (Lipinski definition) is 2. The highest BCUT2D eigenvalue weighted by Crippen LogP contribution is 2.08.